The molecule has 2 aliphatic rings. The normalized spacial score (nSPS) is 21.3. The predicted octanol–water partition coefficient (Wildman–Crippen LogP) is 1.22. The summed E-state index contributed by atoms with van der Waals surface area (Å²) in [4.78, 5) is 17.5. The first-order valence-electron chi connectivity index (χ1n) is 8.79. The van der Waals surface area contributed by atoms with E-state index in [-0.39, 0.29) is 11.9 Å². The summed E-state index contributed by atoms with van der Waals surface area (Å²) < 4.78 is 5.36. The van der Waals surface area contributed by atoms with E-state index in [0.717, 1.165) is 63.0 Å². The molecule has 132 valence electrons. The molecule has 5 nitrogen and oxygen atoms in total. The van der Waals surface area contributed by atoms with Gasteiger partial charge >= 0.3 is 0 Å². The Morgan fingerprint density at radius 2 is 1.83 bits per heavy atom. The molecule has 3 rings (SSSR count). The number of morpholine rings is 1. The van der Waals surface area contributed by atoms with Crippen LogP contribution in [0.15, 0.2) is 30.3 Å². The molecular weight excluding hydrogens is 322 g/mol. The first-order valence-corrected chi connectivity index (χ1v) is 9.94. The second-order valence-corrected chi connectivity index (χ2v) is 7.43. The van der Waals surface area contributed by atoms with Gasteiger partial charge in [0.05, 0.1) is 13.2 Å². The van der Waals surface area contributed by atoms with Crippen LogP contribution in [-0.2, 0) is 9.53 Å². The molecule has 2 heterocycles. The number of amides is 1. The molecule has 2 fully saturated rings. The summed E-state index contributed by atoms with van der Waals surface area (Å²) in [6.45, 7) is 7.06. The van der Waals surface area contributed by atoms with Crippen molar-refractivity contribution < 1.29 is 9.53 Å². The molecule has 2 saturated heterocycles. The third-order valence-electron chi connectivity index (χ3n) is 4.61. The van der Waals surface area contributed by atoms with Crippen LogP contribution in [0.1, 0.15) is 11.6 Å². The van der Waals surface area contributed by atoms with Crippen molar-refractivity contribution in [2.45, 2.75) is 6.04 Å². The molecule has 0 aromatic heterocycles. The monoisotopic (exact) mass is 349 g/mol. The number of nitrogens with one attached hydrogen (secondary N) is 1. The fraction of sp³-hybridized carbons (Fsp3) is 0.611. The Bertz CT molecular complexity index is 502. The minimum Gasteiger partial charge on any atom is -0.379 e. The molecule has 0 saturated carbocycles. The van der Waals surface area contributed by atoms with E-state index in [0.29, 0.717) is 6.54 Å². The molecule has 6 heteroatoms. The van der Waals surface area contributed by atoms with Gasteiger partial charge in [0.2, 0.25) is 5.91 Å². The number of hydrogen-bond acceptors (Lipinski definition) is 5. The summed E-state index contributed by atoms with van der Waals surface area (Å²) in [6.07, 6.45) is 0. The molecule has 1 aromatic rings. The summed E-state index contributed by atoms with van der Waals surface area (Å²) in [5.41, 5.74) is 1.09. The molecule has 0 bridgehead atoms. The van der Waals surface area contributed by atoms with Crippen LogP contribution >= 0.6 is 11.8 Å². The molecule has 2 aliphatic heterocycles. The van der Waals surface area contributed by atoms with Gasteiger partial charge in [0.1, 0.15) is 6.04 Å². The number of ether oxygens (including phenoxy) is 1. The van der Waals surface area contributed by atoms with Gasteiger partial charge in [-0.1, -0.05) is 30.3 Å². The smallest absolute Gasteiger partial charge is 0.242 e. The number of rotatable bonds is 6. The summed E-state index contributed by atoms with van der Waals surface area (Å²) in [5, 5.41) is 3.16. The first kappa shape index (κ1) is 17.7. The van der Waals surface area contributed by atoms with E-state index < -0.39 is 0 Å². The third-order valence-corrected chi connectivity index (χ3v) is 5.55. The maximum atomic E-state index is 12.9. The van der Waals surface area contributed by atoms with Gasteiger partial charge in [-0.05, 0) is 5.56 Å². The van der Waals surface area contributed by atoms with E-state index in [1.165, 1.54) is 0 Å². The van der Waals surface area contributed by atoms with Gasteiger partial charge in [-0.2, -0.15) is 11.8 Å². The van der Waals surface area contributed by atoms with Crippen molar-refractivity contribution in [1.82, 2.24) is 15.1 Å². The lowest BCUT2D eigenvalue weighted by Crippen LogP contribution is -2.46. The lowest BCUT2D eigenvalue weighted by Gasteiger charge is -2.34. The highest BCUT2D eigenvalue weighted by atomic mass is 32.2. The number of carbonyl (C=O) groups is 1. The highest BCUT2D eigenvalue weighted by Crippen LogP contribution is 2.24. The Labute approximate surface area is 148 Å². The Kier molecular flexibility index (Phi) is 6.96. The quantitative estimate of drug-likeness (QED) is 0.837. The van der Waals surface area contributed by atoms with Crippen molar-refractivity contribution in [3.63, 3.8) is 0 Å². The number of nitrogens with zero attached hydrogens (tertiary/aromatic N) is 2. The maximum absolute atomic E-state index is 12.9. The van der Waals surface area contributed by atoms with Crippen LogP contribution in [0.5, 0.6) is 0 Å². The van der Waals surface area contributed by atoms with E-state index in [4.69, 9.17) is 4.74 Å². The van der Waals surface area contributed by atoms with Gasteiger partial charge in [-0.3, -0.25) is 14.6 Å². The summed E-state index contributed by atoms with van der Waals surface area (Å²) in [5.74, 6) is 2.33. The van der Waals surface area contributed by atoms with Crippen LogP contribution in [0, 0.1) is 0 Å². The minimum atomic E-state index is -0.170. The summed E-state index contributed by atoms with van der Waals surface area (Å²) in [7, 11) is 0. The molecular formula is C18H27N3O2S. The molecule has 0 spiro atoms. The van der Waals surface area contributed by atoms with E-state index in [9.17, 15) is 4.79 Å². The third kappa shape index (κ3) is 4.96. The zero-order valence-electron chi connectivity index (χ0n) is 14.2. The lowest BCUT2D eigenvalue weighted by molar-refractivity contribution is -0.126. The van der Waals surface area contributed by atoms with Crippen molar-refractivity contribution in [3.05, 3.63) is 35.9 Å². The van der Waals surface area contributed by atoms with Gasteiger partial charge in [-0.15, -0.1) is 0 Å². The molecule has 1 atom stereocenters. The van der Waals surface area contributed by atoms with E-state index >= 15 is 0 Å². The van der Waals surface area contributed by atoms with Gasteiger partial charge in [0.25, 0.3) is 0 Å². The lowest BCUT2D eigenvalue weighted by atomic mass is 10.0. The van der Waals surface area contributed by atoms with Gasteiger partial charge in [-0.25, -0.2) is 0 Å². The Morgan fingerprint density at radius 1 is 1.12 bits per heavy atom. The molecule has 0 aliphatic carbocycles. The topological polar surface area (TPSA) is 44.8 Å². The number of carbonyl (C=O) groups excluding carboxylic acids is 1. The summed E-state index contributed by atoms with van der Waals surface area (Å²) >= 11 is 1.97. The minimum absolute atomic E-state index is 0.126. The Morgan fingerprint density at radius 3 is 2.54 bits per heavy atom. The van der Waals surface area contributed by atoms with Crippen LogP contribution in [0.25, 0.3) is 0 Å². The summed E-state index contributed by atoms with van der Waals surface area (Å²) in [6, 6.07) is 9.99. The molecule has 1 aromatic carbocycles. The average molecular weight is 350 g/mol. The Hall–Kier alpha value is -1.08. The second-order valence-electron chi connectivity index (χ2n) is 6.21. The molecule has 24 heavy (non-hydrogen) atoms. The number of hydrogen-bond donors (Lipinski definition) is 1. The van der Waals surface area contributed by atoms with Crippen molar-refractivity contribution in [3.8, 4) is 0 Å². The molecule has 1 amide bonds. The van der Waals surface area contributed by atoms with Gasteiger partial charge in [0.15, 0.2) is 0 Å². The fourth-order valence-electron chi connectivity index (χ4n) is 3.26. The van der Waals surface area contributed by atoms with Crippen LogP contribution in [0.3, 0.4) is 0 Å². The van der Waals surface area contributed by atoms with Crippen LogP contribution in [0.2, 0.25) is 0 Å². The predicted molar refractivity (Wildman–Crippen MR) is 98.3 cm³/mol. The van der Waals surface area contributed by atoms with E-state index in [2.05, 4.69) is 27.2 Å². The highest BCUT2D eigenvalue weighted by molar-refractivity contribution is 7.99. The number of thioether (sulfide) groups is 1. The van der Waals surface area contributed by atoms with Crippen LogP contribution in [-0.4, -0.2) is 79.7 Å². The SMILES string of the molecule is O=C(NCCN1CCOCC1)[C@H](c1ccccc1)N1CCSCC1. The first-order chi connectivity index (χ1) is 11.8. The largest absolute Gasteiger partial charge is 0.379 e. The fourth-order valence-corrected chi connectivity index (χ4v) is 4.19. The zero-order valence-corrected chi connectivity index (χ0v) is 15.0. The zero-order chi connectivity index (χ0) is 16.6. The van der Waals surface area contributed by atoms with Crippen molar-refractivity contribution in [2.24, 2.45) is 0 Å². The standard InChI is InChI=1S/C18H27N3O2S/c22-18(19-6-7-20-8-12-23-13-9-20)17(16-4-2-1-3-5-16)21-10-14-24-15-11-21/h1-5,17H,6-15H2,(H,19,22)/t17-/m0/s1. The Balaban J connectivity index is 1.58. The highest BCUT2D eigenvalue weighted by Gasteiger charge is 2.28. The van der Waals surface area contributed by atoms with Crippen molar-refractivity contribution in [1.29, 1.82) is 0 Å². The second kappa shape index (κ2) is 9.42. The number of benzene rings is 1. The molecule has 1 N–H and O–H groups in total. The van der Waals surface area contributed by atoms with Crippen LogP contribution in [0.4, 0.5) is 0 Å². The molecule has 0 unspecified atom stereocenters. The maximum Gasteiger partial charge on any atom is 0.242 e. The van der Waals surface area contributed by atoms with Gasteiger partial charge in [0, 0.05) is 50.8 Å². The van der Waals surface area contributed by atoms with E-state index in [1.54, 1.807) is 0 Å². The van der Waals surface area contributed by atoms with E-state index in [1.807, 2.05) is 30.0 Å². The van der Waals surface area contributed by atoms with Crippen LogP contribution < -0.4 is 5.32 Å². The van der Waals surface area contributed by atoms with Crippen molar-refractivity contribution in [2.75, 3.05) is 64.0 Å². The molecule has 0 radical (unpaired) electrons. The van der Waals surface area contributed by atoms with Crippen molar-refractivity contribution >= 4 is 17.7 Å². The van der Waals surface area contributed by atoms with Gasteiger partial charge < -0.3 is 10.1 Å². The average Bonchev–Trinajstić information content (AvgIpc) is 2.65.